The summed E-state index contributed by atoms with van der Waals surface area (Å²) in [6.07, 6.45) is 0. The summed E-state index contributed by atoms with van der Waals surface area (Å²) in [6.45, 7) is -0.134. The standard InChI is InChI=1S/C11H6FNO6/c12-9-5(14)2-7-10(18-3-17-7)8(9)6-1-4(11(15)16)13-19-6/h1-2,14H,3H2,(H,15,16). The van der Waals surface area contributed by atoms with E-state index in [1.807, 2.05) is 0 Å². The highest BCUT2D eigenvalue weighted by Gasteiger charge is 2.28. The highest BCUT2D eigenvalue weighted by Crippen LogP contribution is 2.46. The summed E-state index contributed by atoms with van der Waals surface area (Å²) in [5, 5.41) is 21.5. The molecule has 0 spiro atoms. The van der Waals surface area contributed by atoms with Crippen LogP contribution in [0.4, 0.5) is 4.39 Å². The summed E-state index contributed by atoms with van der Waals surface area (Å²) >= 11 is 0. The molecule has 2 aromatic rings. The molecule has 0 radical (unpaired) electrons. The van der Waals surface area contributed by atoms with Crippen LogP contribution in [-0.4, -0.2) is 28.1 Å². The van der Waals surface area contributed by atoms with Crippen LogP contribution >= 0.6 is 0 Å². The minimum Gasteiger partial charge on any atom is -0.505 e. The van der Waals surface area contributed by atoms with Gasteiger partial charge in [0.15, 0.2) is 34.5 Å². The molecule has 1 aromatic heterocycles. The van der Waals surface area contributed by atoms with Crippen LogP contribution in [0.5, 0.6) is 17.2 Å². The van der Waals surface area contributed by atoms with Gasteiger partial charge in [0.25, 0.3) is 0 Å². The quantitative estimate of drug-likeness (QED) is 0.852. The number of carboxylic acids is 1. The number of carbonyl (C=O) groups is 1. The van der Waals surface area contributed by atoms with Crippen molar-refractivity contribution < 1.29 is 33.4 Å². The molecular weight excluding hydrogens is 261 g/mol. The zero-order valence-electron chi connectivity index (χ0n) is 9.21. The second kappa shape index (κ2) is 3.87. The van der Waals surface area contributed by atoms with Crippen molar-refractivity contribution in [1.82, 2.24) is 5.16 Å². The van der Waals surface area contributed by atoms with Crippen LogP contribution in [0, 0.1) is 5.82 Å². The van der Waals surface area contributed by atoms with Gasteiger partial charge >= 0.3 is 5.97 Å². The zero-order valence-corrected chi connectivity index (χ0v) is 9.21. The fourth-order valence-corrected chi connectivity index (χ4v) is 1.72. The van der Waals surface area contributed by atoms with Gasteiger partial charge in [-0.25, -0.2) is 9.18 Å². The normalized spacial score (nSPS) is 12.7. The van der Waals surface area contributed by atoms with Crippen LogP contribution in [-0.2, 0) is 0 Å². The maximum atomic E-state index is 13.9. The van der Waals surface area contributed by atoms with Gasteiger partial charge in [0.05, 0.1) is 0 Å². The molecule has 2 heterocycles. The van der Waals surface area contributed by atoms with Crippen molar-refractivity contribution in [1.29, 1.82) is 0 Å². The van der Waals surface area contributed by atoms with Gasteiger partial charge in [-0.3, -0.25) is 0 Å². The Morgan fingerprint density at radius 3 is 2.84 bits per heavy atom. The van der Waals surface area contributed by atoms with Crippen molar-refractivity contribution in [3.8, 4) is 28.6 Å². The number of fused-ring (bicyclic) bond motifs is 1. The first-order valence-electron chi connectivity index (χ1n) is 5.09. The van der Waals surface area contributed by atoms with E-state index in [0.29, 0.717) is 0 Å². The Hall–Kier alpha value is -2.77. The first kappa shape index (κ1) is 11.3. The topological polar surface area (TPSA) is 102 Å². The van der Waals surface area contributed by atoms with Crippen molar-refractivity contribution in [2.24, 2.45) is 0 Å². The Bertz CT molecular complexity index is 680. The number of rotatable bonds is 2. The molecule has 0 atom stereocenters. The average Bonchev–Trinajstić information content (AvgIpc) is 2.99. The molecule has 8 heteroatoms. The Kier molecular flexibility index (Phi) is 2.31. The third kappa shape index (κ3) is 1.65. The molecule has 3 rings (SSSR count). The van der Waals surface area contributed by atoms with Crippen LogP contribution in [0.15, 0.2) is 16.7 Å². The van der Waals surface area contributed by atoms with Crippen molar-refractivity contribution in [2.45, 2.75) is 0 Å². The highest BCUT2D eigenvalue weighted by atomic mass is 19.1. The molecule has 2 N–H and O–H groups in total. The molecule has 7 nitrogen and oxygen atoms in total. The number of benzene rings is 1. The Morgan fingerprint density at radius 1 is 1.37 bits per heavy atom. The van der Waals surface area contributed by atoms with E-state index in [1.54, 1.807) is 0 Å². The lowest BCUT2D eigenvalue weighted by molar-refractivity contribution is 0.0686. The number of aromatic nitrogens is 1. The molecule has 0 saturated carbocycles. The monoisotopic (exact) mass is 267 g/mol. The van der Waals surface area contributed by atoms with Crippen LogP contribution < -0.4 is 9.47 Å². The van der Waals surface area contributed by atoms with Gasteiger partial charge in [0.2, 0.25) is 6.79 Å². The maximum Gasteiger partial charge on any atom is 0.358 e. The van der Waals surface area contributed by atoms with E-state index in [0.717, 1.165) is 12.1 Å². The molecule has 0 saturated heterocycles. The Balaban J connectivity index is 2.21. The highest BCUT2D eigenvalue weighted by molar-refractivity contribution is 5.87. The van der Waals surface area contributed by atoms with Gasteiger partial charge in [-0.05, 0) is 0 Å². The smallest absolute Gasteiger partial charge is 0.358 e. The van der Waals surface area contributed by atoms with Gasteiger partial charge < -0.3 is 24.2 Å². The summed E-state index contributed by atoms with van der Waals surface area (Å²) in [5.41, 5.74) is -0.613. The van der Waals surface area contributed by atoms with E-state index in [4.69, 9.17) is 19.1 Å². The lowest BCUT2D eigenvalue weighted by Gasteiger charge is -2.05. The molecule has 1 aliphatic rings. The number of hydrogen-bond acceptors (Lipinski definition) is 6. The van der Waals surface area contributed by atoms with Crippen LogP contribution in [0.2, 0.25) is 0 Å². The van der Waals surface area contributed by atoms with Gasteiger partial charge in [0.1, 0.15) is 5.56 Å². The third-order valence-corrected chi connectivity index (χ3v) is 2.56. The summed E-state index contributed by atoms with van der Waals surface area (Å²) < 4.78 is 28.8. The molecule has 19 heavy (non-hydrogen) atoms. The second-order valence-corrected chi connectivity index (χ2v) is 3.70. The molecule has 1 aromatic carbocycles. The lowest BCUT2D eigenvalue weighted by Crippen LogP contribution is -1.95. The van der Waals surface area contributed by atoms with E-state index >= 15 is 0 Å². The minimum atomic E-state index is -1.32. The number of carboxylic acid groups (broad SMARTS) is 1. The molecule has 98 valence electrons. The van der Waals surface area contributed by atoms with E-state index in [9.17, 15) is 14.3 Å². The Labute approximate surface area is 104 Å². The van der Waals surface area contributed by atoms with Gasteiger partial charge in [-0.1, -0.05) is 5.16 Å². The Morgan fingerprint density at radius 2 is 2.16 bits per heavy atom. The fourth-order valence-electron chi connectivity index (χ4n) is 1.72. The first-order chi connectivity index (χ1) is 9.08. The lowest BCUT2D eigenvalue weighted by atomic mass is 10.1. The number of phenolic OH excluding ortho intramolecular Hbond substituents is 1. The predicted octanol–water partition coefficient (Wildman–Crippen LogP) is 1.61. The van der Waals surface area contributed by atoms with E-state index < -0.39 is 17.5 Å². The SMILES string of the molecule is O=C(O)c1cc(-c2c(F)c(O)cc3c2OCO3)on1. The minimum absolute atomic E-state index is 0.0309. The molecule has 0 amide bonds. The van der Waals surface area contributed by atoms with Crippen molar-refractivity contribution in [2.75, 3.05) is 6.79 Å². The molecule has 0 bridgehead atoms. The number of aromatic carboxylic acids is 1. The van der Waals surface area contributed by atoms with Gasteiger partial charge in [0, 0.05) is 12.1 Å². The molecule has 0 fully saturated rings. The largest absolute Gasteiger partial charge is 0.505 e. The number of ether oxygens (including phenoxy) is 2. The summed E-state index contributed by atoms with van der Waals surface area (Å²) in [6, 6.07) is 2.10. The number of phenols is 1. The number of hydrogen-bond donors (Lipinski definition) is 2. The van der Waals surface area contributed by atoms with E-state index in [2.05, 4.69) is 5.16 Å². The molecule has 0 aliphatic carbocycles. The number of nitrogens with zero attached hydrogens (tertiary/aromatic N) is 1. The fraction of sp³-hybridized carbons (Fsp3) is 0.0909. The van der Waals surface area contributed by atoms with E-state index in [1.165, 1.54) is 0 Å². The van der Waals surface area contributed by atoms with Crippen molar-refractivity contribution in [3.05, 3.63) is 23.6 Å². The van der Waals surface area contributed by atoms with Gasteiger partial charge in [-0.15, -0.1) is 0 Å². The third-order valence-electron chi connectivity index (χ3n) is 2.56. The number of aromatic hydroxyl groups is 1. The van der Waals surface area contributed by atoms with Crippen LogP contribution in [0.1, 0.15) is 10.5 Å². The maximum absolute atomic E-state index is 13.9. The average molecular weight is 267 g/mol. The van der Waals surface area contributed by atoms with Crippen LogP contribution in [0.25, 0.3) is 11.3 Å². The van der Waals surface area contributed by atoms with Gasteiger partial charge in [-0.2, -0.15) is 0 Å². The summed E-state index contributed by atoms with van der Waals surface area (Å²) in [5.74, 6) is -2.98. The summed E-state index contributed by atoms with van der Waals surface area (Å²) in [7, 11) is 0. The van der Waals surface area contributed by atoms with Crippen LogP contribution in [0.3, 0.4) is 0 Å². The predicted molar refractivity (Wildman–Crippen MR) is 56.6 cm³/mol. The van der Waals surface area contributed by atoms with Crippen molar-refractivity contribution >= 4 is 5.97 Å². The first-order valence-corrected chi connectivity index (χ1v) is 5.09. The second-order valence-electron chi connectivity index (χ2n) is 3.70. The molecule has 1 aliphatic heterocycles. The molecular formula is C11H6FNO6. The number of halogens is 1. The van der Waals surface area contributed by atoms with E-state index in [-0.39, 0.29) is 35.3 Å². The zero-order chi connectivity index (χ0) is 13.6. The molecule has 0 unspecified atom stereocenters. The summed E-state index contributed by atoms with van der Waals surface area (Å²) in [4.78, 5) is 10.7. The van der Waals surface area contributed by atoms with Crippen molar-refractivity contribution in [3.63, 3.8) is 0 Å².